The Labute approximate surface area is 127 Å². The Morgan fingerprint density at radius 2 is 2.05 bits per heavy atom. The maximum absolute atomic E-state index is 9.87. The van der Waals surface area contributed by atoms with Gasteiger partial charge < -0.3 is 10.0 Å². The van der Waals surface area contributed by atoms with Crippen LogP contribution in [0.15, 0.2) is 24.3 Å². The molecule has 1 fully saturated rings. The number of aliphatic hydroxyl groups is 1. The highest BCUT2D eigenvalue weighted by Gasteiger charge is 2.35. The minimum absolute atomic E-state index is 0.0961. The number of hydrogen-bond donors (Lipinski definition) is 1. The van der Waals surface area contributed by atoms with Crippen molar-refractivity contribution in [2.24, 2.45) is 11.3 Å². The Hall–Kier alpha value is -0.570. The van der Waals surface area contributed by atoms with Gasteiger partial charge in [0.05, 0.1) is 0 Å². The van der Waals surface area contributed by atoms with Gasteiger partial charge in [-0.3, -0.25) is 0 Å². The molecule has 2 unspecified atom stereocenters. The van der Waals surface area contributed by atoms with Crippen molar-refractivity contribution in [3.63, 3.8) is 0 Å². The number of nitrogens with zero attached hydrogens (tertiary/aromatic N) is 1. The topological polar surface area (TPSA) is 23.5 Å². The predicted molar refractivity (Wildman–Crippen MR) is 84.9 cm³/mol. The van der Waals surface area contributed by atoms with Crippen molar-refractivity contribution in [1.82, 2.24) is 4.90 Å². The fourth-order valence-corrected chi connectivity index (χ4v) is 3.76. The van der Waals surface area contributed by atoms with Crippen molar-refractivity contribution in [3.05, 3.63) is 34.9 Å². The van der Waals surface area contributed by atoms with Crippen LogP contribution in [0, 0.1) is 11.3 Å². The van der Waals surface area contributed by atoms with Gasteiger partial charge in [-0.25, -0.2) is 0 Å². The summed E-state index contributed by atoms with van der Waals surface area (Å²) in [5, 5.41) is 10.6. The average Bonchev–Trinajstić information content (AvgIpc) is 2.41. The summed E-state index contributed by atoms with van der Waals surface area (Å²) in [7, 11) is 2.14. The summed E-state index contributed by atoms with van der Waals surface area (Å²) < 4.78 is 0. The molecule has 1 N–H and O–H groups in total. The normalized spacial score (nSPS) is 26.9. The van der Waals surface area contributed by atoms with E-state index in [1.807, 2.05) is 12.1 Å². The first kappa shape index (κ1) is 15.8. The lowest BCUT2D eigenvalue weighted by molar-refractivity contribution is 0.0290. The van der Waals surface area contributed by atoms with Crippen molar-refractivity contribution in [2.45, 2.75) is 39.2 Å². The standard InChI is InChI=1S/C17H26ClNO/c1-14-4-3-9-17(10-14,13-20)12-19(2)11-15-5-7-16(18)8-6-15/h5-8,14,20H,3-4,9-13H2,1-2H3. The smallest absolute Gasteiger partial charge is 0.0499 e. The quantitative estimate of drug-likeness (QED) is 0.889. The van der Waals surface area contributed by atoms with Crippen molar-refractivity contribution in [1.29, 1.82) is 0 Å². The molecule has 0 heterocycles. The number of rotatable bonds is 5. The minimum atomic E-state index is 0.0961. The largest absolute Gasteiger partial charge is 0.396 e. The molecule has 3 heteroatoms. The molecular weight excluding hydrogens is 270 g/mol. The lowest BCUT2D eigenvalue weighted by Gasteiger charge is -2.41. The van der Waals surface area contributed by atoms with Crippen molar-refractivity contribution in [2.75, 3.05) is 20.2 Å². The van der Waals surface area contributed by atoms with Crippen molar-refractivity contribution >= 4 is 11.6 Å². The monoisotopic (exact) mass is 295 g/mol. The lowest BCUT2D eigenvalue weighted by atomic mass is 9.70. The molecule has 0 aliphatic heterocycles. The maximum atomic E-state index is 9.87. The van der Waals surface area contributed by atoms with E-state index in [2.05, 4.69) is 31.0 Å². The first-order valence-electron chi connectivity index (χ1n) is 7.57. The van der Waals surface area contributed by atoms with Crippen LogP contribution in [0.1, 0.15) is 38.2 Å². The zero-order chi connectivity index (χ0) is 14.6. The minimum Gasteiger partial charge on any atom is -0.396 e. The molecule has 2 rings (SSSR count). The van der Waals surface area contributed by atoms with Crippen LogP contribution in [0.3, 0.4) is 0 Å². The van der Waals surface area contributed by atoms with Gasteiger partial charge in [0.25, 0.3) is 0 Å². The highest BCUT2D eigenvalue weighted by atomic mass is 35.5. The number of halogens is 1. The van der Waals surface area contributed by atoms with Crippen LogP contribution in [0.5, 0.6) is 0 Å². The number of aliphatic hydroxyl groups excluding tert-OH is 1. The zero-order valence-corrected chi connectivity index (χ0v) is 13.4. The summed E-state index contributed by atoms with van der Waals surface area (Å²) in [6.45, 7) is 4.49. The van der Waals surface area contributed by atoms with E-state index in [9.17, 15) is 5.11 Å². The van der Waals surface area contributed by atoms with Gasteiger partial charge >= 0.3 is 0 Å². The molecule has 1 aromatic carbocycles. The van der Waals surface area contributed by atoms with E-state index < -0.39 is 0 Å². The molecule has 1 aliphatic carbocycles. The molecule has 1 saturated carbocycles. The predicted octanol–water partition coefficient (Wildman–Crippen LogP) is 3.96. The summed E-state index contributed by atoms with van der Waals surface area (Å²) in [5.41, 5.74) is 1.37. The molecule has 1 aliphatic rings. The molecule has 0 amide bonds. The molecule has 20 heavy (non-hydrogen) atoms. The molecule has 0 spiro atoms. The van der Waals surface area contributed by atoms with E-state index in [1.165, 1.54) is 18.4 Å². The van der Waals surface area contributed by atoms with Crippen LogP contribution in [0.2, 0.25) is 5.02 Å². The second-order valence-corrected chi connectivity index (χ2v) is 7.09. The number of benzene rings is 1. The molecule has 2 atom stereocenters. The third kappa shape index (κ3) is 4.21. The Morgan fingerprint density at radius 1 is 1.35 bits per heavy atom. The second-order valence-electron chi connectivity index (χ2n) is 6.66. The summed E-state index contributed by atoms with van der Waals surface area (Å²) in [6.07, 6.45) is 4.85. The van der Waals surface area contributed by atoms with Crippen LogP contribution in [0.4, 0.5) is 0 Å². The first-order chi connectivity index (χ1) is 9.53. The second kappa shape index (κ2) is 6.93. The van der Waals surface area contributed by atoms with Gasteiger partial charge in [-0.05, 0) is 43.5 Å². The van der Waals surface area contributed by atoms with Crippen LogP contribution in [-0.4, -0.2) is 30.2 Å². The molecule has 1 aromatic rings. The van der Waals surface area contributed by atoms with Gasteiger partial charge in [0.1, 0.15) is 0 Å². The van der Waals surface area contributed by atoms with Crippen molar-refractivity contribution in [3.8, 4) is 0 Å². The zero-order valence-electron chi connectivity index (χ0n) is 12.6. The molecule has 2 nitrogen and oxygen atoms in total. The molecule has 0 aromatic heterocycles. The van der Waals surface area contributed by atoms with E-state index in [4.69, 9.17) is 11.6 Å². The van der Waals surface area contributed by atoms with E-state index in [0.717, 1.165) is 36.9 Å². The van der Waals surface area contributed by atoms with Gasteiger partial charge in [-0.15, -0.1) is 0 Å². The lowest BCUT2D eigenvalue weighted by Crippen LogP contribution is -2.41. The van der Waals surface area contributed by atoms with Crippen molar-refractivity contribution < 1.29 is 5.11 Å². The fraction of sp³-hybridized carbons (Fsp3) is 0.647. The summed E-state index contributed by atoms with van der Waals surface area (Å²) in [6, 6.07) is 8.03. The van der Waals surface area contributed by atoms with E-state index >= 15 is 0 Å². The van der Waals surface area contributed by atoms with Gasteiger partial charge in [0.15, 0.2) is 0 Å². The first-order valence-corrected chi connectivity index (χ1v) is 7.95. The van der Waals surface area contributed by atoms with Crippen LogP contribution < -0.4 is 0 Å². The van der Waals surface area contributed by atoms with Crippen LogP contribution >= 0.6 is 11.6 Å². The third-order valence-electron chi connectivity index (χ3n) is 4.49. The van der Waals surface area contributed by atoms with Gasteiger partial charge in [-0.1, -0.05) is 43.5 Å². The summed E-state index contributed by atoms with van der Waals surface area (Å²) >= 11 is 5.92. The van der Waals surface area contributed by atoms with E-state index in [1.54, 1.807) is 0 Å². The Balaban J connectivity index is 1.95. The van der Waals surface area contributed by atoms with Crippen LogP contribution in [0.25, 0.3) is 0 Å². The average molecular weight is 296 g/mol. The molecular formula is C17H26ClNO. The summed E-state index contributed by atoms with van der Waals surface area (Å²) in [5.74, 6) is 0.736. The highest BCUT2D eigenvalue weighted by Crippen LogP contribution is 2.39. The van der Waals surface area contributed by atoms with E-state index in [0.29, 0.717) is 6.61 Å². The van der Waals surface area contributed by atoms with E-state index in [-0.39, 0.29) is 5.41 Å². The maximum Gasteiger partial charge on any atom is 0.0499 e. The van der Waals surface area contributed by atoms with Gasteiger partial charge in [-0.2, -0.15) is 0 Å². The fourth-order valence-electron chi connectivity index (χ4n) is 3.64. The molecule has 112 valence electrons. The third-order valence-corrected chi connectivity index (χ3v) is 4.74. The number of hydrogen-bond acceptors (Lipinski definition) is 2. The van der Waals surface area contributed by atoms with Crippen LogP contribution in [-0.2, 0) is 6.54 Å². The SMILES string of the molecule is CC1CCCC(CO)(CN(C)Cc2ccc(Cl)cc2)C1. The Kier molecular flexibility index (Phi) is 5.48. The molecule has 0 radical (unpaired) electrons. The Morgan fingerprint density at radius 3 is 2.65 bits per heavy atom. The molecule has 0 bridgehead atoms. The Bertz CT molecular complexity index is 420. The van der Waals surface area contributed by atoms with Gasteiger partial charge in [0, 0.05) is 30.1 Å². The van der Waals surface area contributed by atoms with Gasteiger partial charge in [0.2, 0.25) is 0 Å². The molecule has 0 saturated heterocycles. The summed E-state index contributed by atoms with van der Waals surface area (Å²) in [4.78, 5) is 2.33. The highest BCUT2D eigenvalue weighted by molar-refractivity contribution is 6.30.